The van der Waals surface area contributed by atoms with E-state index in [2.05, 4.69) is 44.3 Å². The number of hydrogen-bond acceptors (Lipinski definition) is 4. The quantitative estimate of drug-likeness (QED) is 0.680. The number of amides is 1. The highest BCUT2D eigenvalue weighted by Crippen LogP contribution is 2.45. The van der Waals surface area contributed by atoms with E-state index in [0.717, 1.165) is 22.6 Å². The van der Waals surface area contributed by atoms with Crippen molar-refractivity contribution in [3.05, 3.63) is 53.6 Å². The minimum atomic E-state index is -0.276. The van der Waals surface area contributed by atoms with Crippen LogP contribution in [-0.2, 0) is 4.79 Å². The smallest absolute Gasteiger partial charge is 0.258 e. The molecule has 1 unspecified atom stereocenters. The lowest BCUT2D eigenvalue weighted by molar-refractivity contribution is -0.124. The number of methoxy groups -OCH3 is 2. The van der Waals surface area contributed by atoms with Crippen LogP contribution in [0.3, 0.4) is 0 Å². The number of ether oxygens (including phenoxy) is 3. The first-order chi connectivity index (χ1) is 13.9. The summed E-state index contributed by atoms with van der Waals surface area (Å²) >= 11 is 0. The second kappa shape index (κ2) is 9.41. The lowest BCUT2D eigenvalue weighted by Crippen LogP contribution is -2.43. The van der Waals surface area contributed by atoms with E-state index in [1.54, 1.807) is 14.2 Å². The molecule has 0 heterocycles. The van der Waals surface area contributed by atoms with Gasteiger partial charge < -0.3 is 19.5 Å². The van der Waals surface area contributed by atoms with Gasteiger partial charge in [0.05, 0.1) is 14.2 Å². The fourth-order valence-corrected chi connectivity index (χ4v) is 3.56. The molecule has 0 aliphatic rings. The average molecular weight is 414 g/mol. The van der Waals surface area contributed by atoms with Gasteiger partial charge in [0.1, 0.15) is 17.2 Å². The lowest BCUT2D eigenvalue weighted by atomic mass is 9.72. The number of benzene rings is 2. The van der Waals surface area contributed by atoms with Crippen molar-refractivity contribution < 1.29 is 19.0 Å². The number of hydrogen-bond donors (Lipinski definition) is 1. The van der Waals surface area contributed by atoms with Gasteiger partial charge in [-0.2, -0.15) is 0 Å². The third-order valence-electron chi connectivity index (χ3n) is 4.72. The van der Waals surface area contributed by atoms with Gasteiger partial charge in [-0.15, -0.1) is 0 Å². The highest BCUT2D eigenvalue weighted by molar-refractivity contribution is 5.78. The Morgan fingerprint density at radius 1 is 0.900 bits per heavy atom. The van der Waals surface area contributed by atoms with E-state index in [4.69, 9.17) is 14.2 Å². The molecule has 164 valence electrons. The van der Waals surface area contributed by atoms with Crippen LogP contribution in [0.1, 0.15) is 58.6 Å². The summed E-state index contributed by atoms with van der Waals surface area (Å²) < 4.78 is 16.7. The predicted molar refractivity (Wildman–Crippen MR) is 121 cm³/mol. The highest BCUT2D eigenvalue weighted by atomic mass is 16.5. The molecule has 1 atom stereocenters. The van der Waals surface area contributed by atoms with Gasteiger partial charge in [-0.05, 0) is 49.9 Å². The van der Waals surface area contributed by atoms with E-state index in [0.29, 0.717) is 5.75 Å². The van der Waals surface area contributed by atoms with Crippen molar-refractivity contribution in [2.45, 2.75) is 53.0 Å². The molecule has 0 saturated heterocycles. The fraction of sp³-hybridized carbons (Fsp3) is 0.480. The molecule has 0 bridgehead atoms. The molecule has 2 aromatic carbocycles. The van der Waals surface area contributed by atoms with E-state index in [9.17, 15) is 4.79 Å². The highest BCUT2D eigenvalue weighted by Gasteiger charge is 2.30. The van der Waals surface area contributed by atoms with E-state index in [1.807, 2.05) is 45.0 Å². The summed E-state index contributed by atoms with van der Waals surface area (Å²) in [5, 5.41) is 2.89. The van der Waals surface area contributed by atoms with Crippen LogP contribution in [0.4, 0.5) is 0 Å². The number of carbonyl (C=O) groups excluding carboxylic acids is 1. The predicted octanol–water partition coefficient (Wildman–Crippen LogP) is 5.18. The van der Waals surface area contributed by atoms with Gasteiger partial charge in [-0.1, -0.05) is 39.0 Å². The SMILES string of the molecule is COc1ccc(C(c2ccc(OCC(=O)NC(C)(C)C)cc2)C(C)(C)C)c(OC)c1. The van der Waals surface area contributed by atoms with Gasteiger partial charge in [0.15, 0.2) is 6.61 Å². The Balaban J connectivity index is 2.25. The molecule has 1 N–H and O–H groups in total. The fourth-order valence-electron chi connectivity index (χ4n) is 3.56. The Labute approximate surface area is 180 Å². The minimum Gasteiger partial charge on any atom is -0.497 e. The second-order valence-electron chi connectivity index (χ2n) is 9.56. The zero-order chi connectivity index (χ0) is 22.5. The Hall–Kier alpha value is -2.69. The molecule has 0 radical (unpaired) electrons. The molecular formula is C25H35NO4. The van der Waals surface area contributed by atoms with Crippen molar-refractivity contribution in [3.8, 4) is 17.2 Å². The maximum Gasteiger partial charge on any atom is 0.258 e. The first kappa shape index (κ1) is 23.6. The number of rotatable bonds is 7. The zero-order valence-electron chi connectivity index (χ0n) is 19.5. The van der Waals surface area contributed by atoms with E-state index in [1.165, 1.54) is 0 Å². The number of carbonyl (C=O) groups is 1. The molecule has 0 spiro atoms. The Morgan fingerprint density at radius 2 is 1.50 bits per heavy atom. The third kappa shape index (κ3) is 6.41. The molecule has 2 rings (SSSR count). The minimum absolute atomic E-state index is 0.00831. The molecule has 5 nitrogen and oxygen atoms in total. The van der Waals surface area contributed by atoms with Crippen molar-refractivity contribution >= 4 is 5.91 Å². The summed E-state index contributed by atoms with van der Waals surface area (Å²) in [5.41, 5.74) is 1.93. The summed E-state index contributed by atoms with van der Waals surface area (Å²) in [6, 6.07) is 13.9. The largest absolute Gasteiger partial charge is 0.497 e. The summed E-state index contributed by atoms with van der Waals surface area (Å²) in [6.45, 7) is 12.5. The zero-order valence-corrected chi connectivity index (χ0v) is 19.5. The van der Waals surface area contributed by atoms with Gasteiger partial charge in [0, 0.05) is 23.1 Å². The summed E-state index contributed by atoms with van der Waals surface area (Å²) in [5.74, 6) is 2.20. The molecule has 0 aromatic heterocycles. The van der Waals surface area contributed by atoms with E-state index in [-0.39, 0.29) is 29.4 Å². The maximum atomic E-state index is 12.0. The van der Waals surface area contributed by atoms with Crippen molar-refractivity contribution in [1.29, 1.82) is 0 Å². The van der Waals surface area contributed by atoms with Crippen LogP contribution in [0.15, 0.2) is 42.5 Å². The molecule has 0 aliphatic heterocycles. The molecule has 0 fully saturated rings. The normalized spacial score (nSPS) is 12.8. The van der Waals surface area contributed by atoms with E-state index >= 15 is 0 Å². The second-order valence-corrected chi connectivity index (χ2v) is 9.56. The Bertz CT molecular complexity index is 845. The van der Waals surface area contributed by atoms with Crippen LogP contribution in [-0.4, -0.2) is 32.3 Å². The standard InChI is InChI=1S/C25H35NO4/c1-24(2,3)23(20-14-13-19(28-7)15-21(20)29-8)17-9-11-18(12-10-17)30-16-22(27)26-25(4,5)6/h9-15,23H,16H2,1-8H3,(H,26,27). The summed E-state index contributed by atoms with van der Waals surface area (Å²) in [6.07, 6.45) is 0. The van der Waals surface area contributed by atoms with Crippen molar-refractivity contribution in [2.75, 3.05) is 20.8 Å². The third-order valence-corrected chi connectivity index (χ3v) is 4.72. The molecule has 0 aliphatic carbocycles. The van der Waals surface area contributed by atoms with Gasteiger partial charge in [-0.3, -0.25) is 4.79 Å². The van der Waals surface area contributed by atoms with Gasteiger partial charge >= 0.3 is 0 Å². The van der Waals surface area contributed by atoms with Crippen LogP contribution >= 0.6 is 0 Å². The maximum absolute atomic E-state index is 12.0. The van der Waals surface area contributed by atoms with Gasteiger partial charge in [0.2, 0.25) is 0 Å². The topological polar surface area (TPSA) is 56.8 Å². The van der Waals surface area contributed by atoms with Crippen LogP contribution in [0.2, 0.25) is 0 Å². The molecule has 5 heteroatoms. The molecule has 2 aromatic rings. The van der Waals surface area contributed by atoms with Crippen LogP contribution in [0, 0.1) is 5.41 Å². The number of nitrogens with one attached hydrogen (secondary N) is 1. The first-order valence-electron chi connectivity index (χ1n) is 10.2. The van der Waals surface area contributed by atoms with Crippen molar-refractivity contribution in [2.24, 2.45) is 5.41 Å². The van der Waals surface area contributed by atoms with Crippen LogP contribution in [0.25, 0.3) is 0 Å². The van der Waals surface area contributed by atoms with Gasteiger partial charge in [-0.25, -0.2) is 0 Å². The molecule has 0 saturated carbocycles. The van der Waals surface area contributed by atoms with Crippen LogP contribution in [0.5, 0.6) is 17.2 Å². The Morgan fingerprint density at radius 3 is 2.00 bits per heavy atom. The first-order valence-corrected chi connectivity index (χ1v) is 10.2. The lowest BCUT2D eigenvalue weighted by Gasteiger charge is -2.33. The van der Waals surface area contributed by atoms with Gasteiger partial charge in [0.25, 0.3) is 5.91 Å². The average Bonchev–Trinajstić information content (AvgIpc) is 2.65. The molecular weight excluding hydrogens is 378 g/mol. The van der Waals surface area contributed by atoms with Crippen molar-refractivity contribution in [3.63, 3.8) is 0 Å². The van der Waals surface area contributed by atoms with Crippen LogP contribution < -0.4 is 19.5 Å². The Kier molecular flexibility index (Phi) is 7.40. The molecule has 1 amide bonds. The molecule has 30 heavy (non-hydrogen) atoms. The monoisotopic (exact) mass is 413 g/mol. The van der Waals surface area contributed by atoms with E-state index < -0.39 is 0 Å². The summed E-state index contributed by atoms with van der Waals surface area (Å²) in [7, 11) is 3.33. The van der Waals surface area contributed by atoms with Crippen molar-refractivity contribution in [1.82, 2.24) is 5.32 Å². The summed E-state index contributed by atoms with van der Waals surface area (Å²) in [4.78, 5) is 12.0.